The van der Waals surface area contributed by atoms with Crippen molar-refractivity contribution < 1.29 is 13.6 Å². The van der Waals surface area contributed by atoms with Gasteiger partial charge in [0.25, 0.3) is 16.6 Å². The molecule has 4 aromatic carbocycles. The molecule has 6 heteroatoms. The summed E-state index contributed by atoms with van der Waals surface area (Å²) < 4.78 is 15.6. The van der Waals surface area contributed by atoms with Crippen molar-refractivity contribution in [3.8, 4) is 0 Å². The number of rotatable bonds is 14. The van der Waals surface area contributed by atoms with E-state index in [4.69, 9.17) is 8.85 Å². The Kier molecular flexibility index (Phi) is 12.1. The van der Waals surface area contributed by atoms with E-state index >= 15 is 0 Å². The first-order valence-electron chi connectivity index (χ1n) is 20.0. The molecule has 0 aromatic heterocycles. The highest BCUT2D eigenvalue weighted by molar-refractivity contribution is 7.00. The van der Waals surface area contributed by atoms with E-state index in [1.165, 1.54) is 27.2 Å². The van der Waals surface area contributed by atoms with Gasteiger partial charge in [-0.3, -0.25) is 4.79 Å². The van der Waals surface area contributed by atoms with Crippen LogP contribution in [0.25, 0.3) is 0 Å². The largest absolute Gasteiger partial charge is 0.404 e. The fourth-order valence-corrected chi connectivity index (χ4v) is 18.7. The van der Waals surface area contributed by atoms with E-state index in [9.17, 15) is 4.79 Å². The number of carbonyl (C=O) groups excluding carboxylic acids is 1. The van der Waals surface area contributed by atoms with Crippen LogP contribution in [-0.2, 0) is 13.6 Å². The van der Waals surface area contributed by atoms with Gasteiger partial charge in [-0.1, -0.05) is 201 Å². The lowest BCUT2D eigenvalue weighted by Gasteiger charge is -2.46. The summed E-state index contributed by atoms with van der Waals surface area (Å²) in [5.74, 6) is 0.425. The Bertz CT molecular complexity index is 1700. The second-order valence-corrected chi connectivity index (χ2v) is 25.9. The summed E-state index contributed by atoms with van der Waals surface area (Å²) in [6, 6.07) is 44.0. The molecular formula is C47H61NO3Si2. The maximum absolute atomic E-state index is 12.9. The highest BCUT2D eigenvalue weighted by atomic mass is 28.4. The fraction of sp³-hybridized carbons (Fsp3) is 0.426. The van der Waals surface area contributed by atoms with Crippen molar-refractivity contribution in [1.82, 2.24) is 5.32 Å². The normalized spacial score (nSPS) is 21.5. The molecule has 4 unspecified atom stereocenters. The van der Waals surface area contributed by atoms with Gasteiger partial charge >= 0.3 is 0 Å². The summed E-state index contributed by atoms with van der Waals surface area (Å²) in [6.45, 7) is 16.4. The standard InChI is InChI=1S/C47H61NO3Si2/c1-8-9-14-23-36(50-52(46(2,3)4,37-24-15-10-16-25-37)38-26-17-11-18-27-38)32-33-41-42-34-45(49)48-43(42)35-44(41)51-53(47(5,6)7,39-28-19-12-20-29-39)40-30-21-13-22-31-40/h10-13,15-22,24-33,36,41-44H,8-9,14,23,34-35H2,1-7H3,(H,48,49)/t36-,41?,42?,43?,44?/m0/s1. The highest BCUT2D eigenvalue weighted by Crippen LogP contribution is 2.46. The molecule has 1 aliphatic carbocycles. The van der Waals surface area contributed by atoms with E-state index in [0.717, 1.165) is 25.7 Å². The molecule has 2 aliphatic rings. The van der Waals surface area contributed by atoms with Gasteiger partial charge in [-0.25, -0.2) is 0 Å². The molecule has 0 radical (unpaired) electrons. The lowest BCUT2D eigenvalue weighted by atomic mass is 9.91. The van der Waals surface area contributed by atoms with Crippen molar-refractivity contribution >= 4 is 43.3 Å². The summed E-state index contributed by atoms with van der Waals surface area (Å²) in [4.78, 5) is 12.9. The van der Waals surface area contributed by atoms with Crippen LogP contribution in [0.3, 0.4) is 0 Å². The number of amides is 1. The van der Waals surface area contributed by atoms with Crippen LogP contribution in [0.15, 0.2) is 133 Å². The number of nitrogens with one attached hydrogen (secondary N) is 1. The summed E-state index contributed by atoms with van der Waals surface area (Å²) >= 11 is 0. The van der Waals surface area contributed by atoms with E-state index in [-0.39, 0.29) is 46.1 Å². The van der Waals surface area contributed by atoms with Crippen molar-refractivity contribution in [2.24, 2.45) is 11.8 Å². The molecule has 2 fully saturated rings. The van der Waals surface area contributed by atoms with Gasteiger partial charge < -0.3 is 14.2 Å². The van der Waals surface area contributed by atoms with Gasteiger partial charge in [0.1, 0.15) is 0 Å². The summed E-state index contributed by atoms with van der Waals surface area (Å²) in [6.07, 6.45) is 10.4. The monoisotopic (exact) mass is 743 g/mol. The van der Waals surface area contributed by atoms with Crippen molar-refractivity contribution in [2.75, 3.05) is 0 Å². The first-order chi connectivity index (χ1) is 25.4. The molecule has 1 saturated carbocycles. The van der Waals surface area contributed by atoms with Crippen LogP contribution in [0, 0.1) is 11.8 Å². The molecule has 4 nitrogen and oxygen atoms in total. The van der Waals surface area contributed by atoms with E-state index < -0.39 is 16.6 Å². The quantitative estimate of drug-likeness (QED) is 0.0801. The lowest BCUT2D eigenvalue weighted by Crippen LogP contribution is -2.68. The Labute approximate surface area is 321 Å². The minimum absolute atomic E-state index is 0.0442. The van der Waals surface area contributed by atoms with Crippen LogP contribution in [0.5, 0.6) is 0 Å². The topological polar surface area (TPSA) is 47.6 Å². The molecule has 1 heterocycles. The van der Waals surface area contributed by atoms with Crippen LogP contribution < -0.4 is 26.1 Å². The van der Waals surface area contributed by atoms with Crippen molar-refractivity contribution in [1.29, 1.82) is 0 Å². The SMILES string of the molecule is CCCCC[C@@H](C=CC1C(O[Si](c2ccccc2)(c2ccccc2)C(C)(C)C)CC2NC(=O)CC21)O[Si](c1ccccc1)(c1ccccc1)C(C)(C)C. The van der Waals surface area contributed by atoms with Crippen molar-refractivity contribution in [3.05, 3.63) is 133 Å². The molecular weight excluding hydrogens is 683 g/mol. The van der Waals surface area contributed by atoms with Gasteiger partial charge in [0, 0.05) is 18.4 Å². The van der Waals surface area contributed by atoms with Crippen LogP contribution in [0.4, 0.5) is 0 Å². The molecule has 0 bridgehead atoms. The van der Waals surface area contributed by atoms with Crippen LogP contribution in [-0.4, -0.2) is 40.8 Å². The minimum Gasteiger partial charge on any atom is -0.404 e. The van der Waals surface area contributed by atoms with Crippen molar-refractivity contribution in [2.45, 2.75) is 115 Å². The second-order valence-electron chi connectivity index (χ2n) is 17.4. The first kappa shape index (κ1) is 39.1. The third-order valence-electron chi connectivity index (χ3n) is 11.8. The zero-order valence-corrected chi connectivity index (χ0v) is 35.1. The van der Waals surface area contributed by atoms with E-state index in [0.29, 0.717) is 6.42 Å². The number of hydrogen-bond donors (Lipinski definition) is 1. The highest BCUT2D eigenvalue weighted by Gasteiger charge is 2.56. The second kappa shape index (κ2) is 16.4. The predicted molar refractivity (Wildman–Crippen MR) is 226 cm³/mol. The number of hydrogen-bond acceptors (Lipinski definition) is 3. The van der Waals surface area contributed by atoms with E-state index in [2.05, 4.69) is 187 Å². The maximum atomic E-state index is 12.9. The third kappa shape index (κ3) is 7.98. The Morgan fingerprint density at radius 1 is 0.698 bits per heavy atom. The van der Waals surface area contributed by atoms with Crippen LogP contribution >= 0.6 is 0 Å². The van der Waals surface area contributed by atoms with Crippen LogP contribution in [0.1, 0.15) is 87.0 Å². The third-order valence-corrected chi connectivity index (χ3v) is 21.9. The van der Waals surface area contributed by atoms with E-state index in [1.54, 1.807) is 0 Å². The average molecular weight is 744 g/mol. The molecule has 1 saturated heterocycles. The Balaban J connectivity index is 1.44. The van der Waals surface area contributed by atoms with Gasteiger partial charge in [0.05, 0.1) is 12.2 Å². The molecule has 4 aromatic rings. The number of fused-ring (bicyclic) bond motifs is 1. The molecule has 1 N–H and O–H groups in total. The maximum Gasteiger partial charge on any atom is 0.261 e. The Hall–Kier alpha value is -3.56. The summed E-state index contributed by atoms with van der Waals surface area (Å²) in [5, 5.41) is 8.26. The lowest BCUT2D eigenvalue weighted by molar-refractivity contribution is -0.119. The number of benzene rings is 4. The number of carbonyl (C=O) groups is 1. The Morgan fingerprint density at radius 2 is 1.15 bits per heavy atom. The molecule has 6 rings (SSSR count). The van der Waals surface area contributed by atoms with Gasteiger partial charge in [0.15, 0.2) is 0 Å². The Morgan fingerprint density at radius 3 is 1.58 bits per heavy atom. The van der Waals surface area contributed by atoms with Gasteiger partial charge in [0.2, 0.25) is 5.91 Å². The summed E-state index contributed by atoms with van der Waals surface area (Å²) in [5.41, 5.74) is 0. The average Bonchev–Trinajstić information content (AvgIpc) is 3.66. The van der Waals surface area contributed by atoms with E-state index in [1.807, 2.05) is 0 Å². The first-order valence-corrected chi connectivity index (χ1v) is 23.8. The van der Waals surface area contributed by atoms with Crippen LogP contribution in [0.2, 0.25) is 10.1 Å². The number of unbranched alkanes of at least 4 members (excludes halogenated alkanes) is 2. The van der Waals surface area contributed by atoms with Gasteiger partial charge in [-0.05, 0) is 49.6 Å². The van der Waals surface area contributed by atoms with Gasteiger partial charge in [-0.2, -0.15) is 0 Å². The molecule has 0 spiro atoms. The molecule has 5 atom stereocenters. The predicted octanol–water partition coefficient (Wildman–Crippen LogP) is 8.54. The fourth-order valence-electron chi connectivity index (χ4n) is 9.32. The zero-order chi connectivity index (χ0) is 37.7. The molecule has 1 aliphatic heterocycles. The molecule has 280 valence electrons. The minimum atomic E-state index is -2.83. The molecule has 53 heavy (non-hydrogen) atoms. The smallest absolute Gasteiger partial charge is 0.261 e. The van der Waals surface area contributed by atoms with Crippen molar-refractivity contribution in [3.63, 3.8) is 0 Å². The summed E-state index contributed by atoms with van der Waals surface area (Å²) in [7, 11) is -5.62. The molecule has 1 amide bonds. The zero-order valence-electron chi connectivity index (χ0n) is 33.1. The van der Waals surface area contributed by atoms with Gasteiger partial charge in [-0.15, -0.1) is 0 Å².